The summed E-state index contributed by atoms with van der Waals surface area (Å²) in [6.45, 7) is 0.368. The van der Waals surface area contributed by atoms with Gasteiger partial charge in [0.1, 0.15) is 5.92 Å². The Morgan fingerprint density at radius 3 is 2.41 bits per heavy atom. The predicted octanol–water partition coefficient (Wildman–Crippen LogP) is 4.92. The van der Waals surface area contributed by atoms with Crippen LogP contribution in [0.1, 0.15) is 17.5 Å². The normalized spacial score (nSPS) is 18.5. The van der Waals surface area contributed by atoms with E-state index in [2.05, 4.69) is 16.0 Å². The van der Waals surface area contributed by atoms with E-state index in [0.717, 1.165) is 5.56 Å². The average molecular weight is 549 g/mol. The molecule has 0 saturated carbocycles. The van der Waals surface area contributed by atoms with Gasteiger partial charge in [-0.25, -0.2) is 9.59 Å². The van der Waals surface area contributed by atoms with Crippen LogP contribution in [0.3, 0.4) is 0 Å². The maximum Gasteiger partial charge on any atom is 0.412 e. The van der Waals surface area contributed by atoms with E-state index in [1.807, 2.05) is 30.3 Å². The Kier molecular flexibility index (Phi) is 7.12. The second-order valence-corrected chi connectivity index (χ2v) is 9.88. The molecule has 0 aliphatic carbocycles. The highest BCUT2D eigenvalue weighted by molar-refractivity contribution is 6.30. The number of benzene rings is 3. The van der Waals surface area contributed by atoms with E-state index < -0.39 is 35.5 Å². The zero-order valence-electron chi connectivity index (χ0n) is 20.6. The second kappa shape index (κ2) is 10.7. The quantitative estimate of drug-likeness (QED) is 0.323. The molecule has 2 heterocycles. The third-order valence-electron chi connectivity index (χ3n) is 6.84. The molecular weight excluding hydrogens is 524 g/mol. The van der Waals surface area contributed by atoms with Crippen molar-refractivity contribution >= 4 is 52.7 Å². The van der Waals surface area contributed by atoms with Gasteiger partial charge in [-0.05, 0) is 54.4 Å². The molecule has 0 radical (unpaired) electrons. The fourth-order valence-corrected chi connectivity index (χ4v) is 5.17. The highest BCUT2D eigenvalue weighted by Crippen LogP contribution is 2.44. The summed E-state index contributed by atoms with van der Waals surface area (Å²) in [5.41, 5.74) is 1.76. The smallest absolute Gasteiger partial charge is 0.412 e. The molecule has 200 valence electrons. The van der Waals surface area contributed by atoms with Crippen LogP contribution in [0.25, 0.3) is 0 Å². The van der Waals surface area contributed by atoms with Crippen molar-refractivity contribution in [3.05, 3.63) is 88.9 Å². The van der Waals surface area contributed by atoms with Crippen molar-refractivity contribution in [2.45, 2.75) is 18.4 Å². The van der Waals surface area contributed by atoms with Crippen molar-refractivity contribution in [2.24, 2.45) is 5.92 Å². The lowest BCUT2D eigenvalue weighted by Gasteiger charge is -2.35. The van der Waals surface area contributed by atoms with Gasteiger partial charge in [-0.15, -0.1) is 0 Å². The molecule has 0 bridgehead atoms. The van der Waals surface area contributed by atoms with Gasteiger partial charge in [0.25, 0.3) is 0 Å². The minimum atomic E-state index is -1.20. The van der Waals surface area contributed by atoms with Gasteiger partial charge in [0.05, 0.1) is 12.2 Å². The third-order valence-corrected chi connectivity index (χ3v) is 7.08. The molecule has 1 fully saturated rings. The molecule has 10 nitrogen and oxygen atoms in total. The SMILES string of the molecule is O=C(O)Nc1ccc(NC(=O)[C@H](Cc2ccccc2)C(=O)N2CC[C@@]3(C2)OC(=O)Nc2ccc(Cl)cc23)cc1. The molecular formula is C28H25ClN4O6. The lowest BCUT2D eigenvalue weighted by molar-refractivity contribution is -0.140. The molecule has 3 aromatic carbocycles. The lowest BCUT2D eigenvalue weighted by atomic mass is 9.90. The first kappa shape index (κ1) is 26.1. The van der Waals surface area contributed by atoms with E-state index in [0.29, 0.717) is 34.1 Å². The average Bonchev–Trinajstić information content (AvgIpc) is 3.33. The fraction of sp³-hybridized carbons (Fsp3) is 0.214. The number of nitrogens with one attached hydrogen (secondary N) is 3. The van der Waals surface area contributed by atoms with Crippen molar-refractivity contribution in [1.29, 1.82) is 0 Å². The Balaban J connectivity index is 1.38. The molecule has 5 rings (SSSR count). The Hall–Kier alpha value is -4.57. The molecule has 0 aromatic heterocycles. The first-order chi connectivity index (χ1) is 18.7. The van der Waals surface area contributed by atoms with Gasteiger partial charge in [0, 0.05) is 34.9 Å². The van der Waals surface area contributed by atoms with E-state index in [9.17, 15) is 19.2 Å². The number of carbonyl (C=O) groups excluding carboxylic acids is 3. The number of fused-ring (bicyclic) bond motifs is 2. The molecule has 3 aromatic rings. The van der Waals surface area contributed by atoms with Crippen LogP contribution in [0.2, 0.25) is 5.02 Å². The zero-order valence-corrected chi connectivity index (χ0v) is 21.4. The molecule has 2 aliphatic heterocycles. The van der Waals surface area contributed by atoms with Gasteiger partial charge >= 0.3 is 12.2 Å². The molecule has 1 spiro atoms. The van der Waals surface area contributed by atoms with Crippen molar-refractivity contribution in [1.82, 2.24) is 4.90 Å². The van der Waals surface area contributed by atoms with Crippen molar-refractivity contribution in [3.63, 3.8) is 0 Å². The number of ether oxygens (including phenoxy) is 1. The van der Waals surface area contributed by atoms with Gasteiger partial charge < -0.3 is 20.1 Å². The Labute approximate surface area is 228 Å². The van der Waals surface area contributed by atoms with Crippen LogP contribution in [0.4, 0.5) is 26.7 Å². The first-order valence-electron chi connectivity index (χ1n) is 12.3. The van der Waals surface area contributed by atoms with E-state index >= 15 is 0 Å². The molecule has 4 amide bonds. The molecule has 0 unspecified atom stereocenters. The highest BCUT2D eigenvalue weighted by atomic mass is 35.5. The molecule has 39 heavy (non-hydrogen) atoms. The summed E-state index contributed by atoms with van der Waals surface area (Å²) in [5, 5.41) is 17.0. The number of hydrogen-bond acceptors (Lipinski definition) is 5. The molecule has 2 aliphatic rings. The summed E-state index contributed by atoms with van der Waals surface area (Å²) in [5.74, 6) is -1.96. The number of carbonyl (C=O) groups is 4. The fourth-order valence-electron chi connectivity index (χ4n) is 5.00. The summed E-state index contributed by atoms with van der Waals surface area (Å²) in [6.07, 6.45) is -1.29. The van der Waals surface area contributed by atoms with Crippen LogP contribution in [-0.2, 0) is 26.3 Å². The van der Waals surface area contributed by atoms with Gasteiger partial charge in [-0.3, -0.25) is 20.2 Å². The third kappa shape index (κ3) is 5.65. The predicted molar refractivity (Wildman–Crippen MR) is 145 cm³/mol. The van der Waals surface area contributed by atoms with E-state index in [-0.39, 0.29) is 19.5 Å². The van der Waals surface area contributed by atoms with E-state index in [4.69, 9.17) is 21.4 Å². The largest absolute Gasteiger partial charge is 0.465 e. The topological polar surface area (TPSA) is 137 Å². The van der Waals surface area contributed by atoms with Crippen LogP contribution < -0.4 is 16.0 Å². The Bertz CT molecular complexity index is 1430. The zero-order chi connectivity index (χ0) is 27.6. The van der Waals surface area contributed by atoms with Crippen LogP contribution >= 0.6 is 11.6 Å². The summed E-state index contributed by atoms with van der Waals surface area (Å²) >= 11 is 6.23. The summed E-state index contributed by atoms with van der Waals surface area (Å²) in [6, 6.07) is 20.4. The minimum absolute atomic E-state index is 0.0840. The van der Waals surface area contributed by atoms with Crippen LogP contribution in [0.5, 0.6) is 0 Å². The number of halogens is 1. The number of anilines is 3. The summed E-state index contributed by atoms with van der Waals surface area (Å²) < 4.78 is 5.74. The number of likely N-dealkylation sites (tertiary alicyclic amines) is 1. The van der Waals surface area contributed by atoms with Crippen molar-refractivity contribution in [2.75, 3.05) is 29.0 Å². The Morgan fingerprint density at radius 2 is 1.72 bits per heavy atom. The van der Waals surface area contributed by atoms with Crippen LogP contribution in [-0.4, -0.2) is 47.1 Å². The van der Waals surface area contributed by atoms with Gasteiger partial charge in [0.2, 0.25) is 11.8 Å². The van der Waals surface area contributed by atoms with Crippen molar-refractivity contribution < 1.29 is 29.0 Å². The van der Waals surface area contributed by atoms with E-state index in [1.165, 1.54) is 12.1 Å². The maximum atomic E-state index is 13.9. The maximum absolute atomic E-state index is 13.9. The highest BCUT2D eigenvalue weighted by Gasteiger charge is 2.50. The standard InChI is InChI=1S/C28H25ClN4O6/c29-18-6-11-23-22(15-18)28(39-27(38)32-23)12-13-33(16-28)25(35)21(14-17-4-2-1-3-5-17)24(34)30-19-7-9-20(10-8-19)31-26(36)37/h1-11,15,21,31H,12-14,16H2,(H,30,34)(H,32,38)(H,36,37)/t21-,28-/m0/s1. The van der Waals surface area contributed by atoms with Crippen LogP contribution in [0, 0.1) is 5.92 Å². The van der Waals surface area contributed by atoms with Crippen molar-refractivity contribution in [3.8, 4) is 0 Å². The first-order valence-corrected chi connectivity index (χ1v) is 12.6. The van der Waals surface area contributed by atoms with Gasteiger partial charge in [-0.1, -0.05) is 41.9 Å². The monoisotopic (exact) mass is 548 g/mol. The Morgan fingerprint density at radius 1 is 1.03 bits per heavy atom. The number of amides is 4. The number of nitrogens with zero attached hydrogens (tertiary/aromatic N) is 1. The molecule has 11 heteroatoms. The van der Waals surface area contributed by atoms with Gasteiger partial charge in [0.15, 0.2) is 5.60 Å². The van der Waals surface area contributed by atoms with Gasteiger partial charge in [-0.2, -0.15) is 0 Å². The second-order valence-electron chi connectivity index (χ2n) is 9.45. The molecule has 1 saturated heterocycles. The minimum Gasteiger partial charge on any atom is -0.465 e. The summed E-state index contributed by atoms with van der Waals surface area (Å²) in [4.78, 5) is 52.1. The van der Waals surface area contributed by atoms with E-state index in [1.54, 1.807) is 35.2 Å². The van der Waals surface area contributed by atoms with Crippen LogP contribution in [0.15, 0.2) is 72.8 Å². The molecule has 4 N–H and O–H groups in total. The molecule has 2 atom stereocenters. The number of carboxylic acid groups (broad SMARTS) is 1. The lowest BCUT2D eigenvalue weighted by Crippen LogP contribution is -2.45. The number of rotatable bonds is 6. The summed E-state index contributed by atoms with van der Waals surface area (Å²) in [7, 11) is 0. The number of hydrogen-bond donors (Lipinski definition) is 4.